The molecule has 0 bridgehead atoms. The monoisotopic (exact) mass is 468 g/mol. The number of rotatable bonds is 5. The molecule has 2 amide bonds. The fourth-order valence-corrected chi connectivity index (χ4v) is 5.92. The maximum absolute atomic E-state index is 13.4. The molecular weight excluding hydrogens is 440 g/mol. The van der Waals surface area contributed by atoms with E-state index in [2.05, 4.69) is 29.8 Å². The fraction of sp³-hybridized carbons (Fsp3) is 0.524. The van der Waals surface area contributed by atoms with E-state index >= 15 is 0 Å². The number of carbonyl (C=O) groups is 2. The Bertz CT molecular complexity index is 1020. The van der Waals surface area contributed by atoms with E-state index < -0.39 is 22.0 Å². The molecule has 0 aliphatic carbocycles. The van der Waals surface area contributed by atoms with Crippen LogP contribution in [0.3, 0.4) is 0 Å². The number of nitrogens with one attached hydrogen (secondary N) is 3. The van der Waals surface area contributed by atoms with Gasteiger partial charge in [0.15, 0.2) is 0 Å². The summed E-state index contributed by atoms with van der Waals surface area (Å²) >= 11 is 6.11. The zero-order valence-electron chi connectivity index (χ0n) is 18.2. The van der Waals surface area contributed by atoms with Gasteiger partial charge in [-0.25, -0.2) is 8.42 Å². The number of nitrogens with zero attached hydrogens (tertiary/aromatic N) is 1. The number of amides is 2. The molecule has 2 aliphatic heterocycles. The Labute approximate surface area is 188 Å². The number of piperidine rings is 1. The van der Waals surface area contributed by atoms with Crippen molar-refractivity contribution in [2.24, 2.45) is 5.41 Å². The summed E-state index contributed by atoms with van der Waals surface area (Å²) in [6.45, 7) is 9.03. The Morgan fingerprint density at radius 3 is 2.68 bits per heavy atom. The third kappa shape index (κ3) is 4.88. The summed E-state index contributed by atoms with van der Waals surface area (Å²) < 4.78 is 27.8. The van der Waals surface area contributed by atoms with Crippen LogP contribution in [0.1, 0.15) is 37.8 Å². The Kier molecular flexibility index (Phi) is 6.69. The highest BCUT2D eigenvalue weighted by molar-refractivity contribution is 7.89. The summed E-state index contributed by atoms with van der Waals surface area (Å²) in [5, 5.41) is 9.27. The largest absolute Gasteiger partial charge is 0.353 e. The highest BCUT2D eigenvalue weighted by atomic mass is 35.5. The van der Waals surface area contributed by atoms with E-state index in [1.165, 1.54) is 18.5 Å². The van der Waals surface area contributed by atoms with Gasteiger partial charge >= 0.3 is 0 Å². The molecule has 2 heterocycles. The average Bonchev–Trinajstić information content (AvgIpc) is 2.67. The lowest BCUT2D eigenvalue weighted by molar-refractivity contribution is -0.130. The van der Waals surface area contributed by atoms with Crippen molar-refractivity contribution < 1.29 is 18.0 Å². The zero-order valence-corrected chi connectivity index (χ0v) is 19.7. The topological polar surface area (TPSA) is 108 Å². The van der Waals surface area contributed by atoms with Crippen molar-refractivity contribution in [2.45, 2.75) is 57.5 Å². The fourth-order valence-electron chi connectivity index (χ4n) is 3.95. The van der Waals surface area contributed by atoms with Crippen LogP contribution in [0.5, 0.6) is 0 Å². The molecule has 3 rings (SSSR count). The molecular formula is C21H29ClN4O4S. The predicted octanol–water partition coefficient (Wildman–Crippen LogP) is 1.81. The second kappa shape index (κ2) is 8.80. The molecule has 0 spiro atoms. The molecule has 0 saturated carbocycles. The van der Waals surface area contributed by atoms with E-state index in [1.54, 1.807) is 19.9 Å². The number of hydrogen-bond acceptors (Lipinski definition) is 5. The van der Waals surface area contributed by atoms with E-state index in [4.69, 9.17) is 11.6 Å². The molecule has 10 heteroatoms. The molecule has 0 aromatic heterocycles. The van der Waals surface area contributed by atoms with Gasteiger partial charge in [-0.1, -0.05) is 25.4 Å². The maximum Gasteiger partial charge on any atom is 0.264 e. The molecule has 170 valence electrons. The molecule has 31 heavy (non-hydrogen) atoms. The van der Waals surface area contributed by atoms with Crippen LogP contribution in [0.2, 0.25) is 5.02 Å². The second-order valence-corrected chi connectivity index (χ2v) is 11.0. The first-order chi connectivity index (χ1) is 14.4. The zero-order chi connectivity index (χ0) is 23.0. The highest BCUT2D eigenvalue weighted by Gasteiger charge is 2.39. The van der Waals surface area contributed by atoms with Crippen LogP contribution in [-0.4, -0.2) is 49.7 Å². The summed E-state index contributed by atoms with van der Waals surface area (Å²) in [5.74, 6) is -0.909. The summed E-state index contributed by atoms with van der Waals surface area (Å²) in [6, 6.07) is 1.82. The van der Waals surface area contributed by atoms with Gasteiger partial charge in [-0.3, -0.25) is 13.9 Å². The standard InChI is InChI=1S/C21H29ClN4O4S/c1-13-10-17(14(2)9-15(13)22)31(29,30)26-8-7-24-20(28)16(26)11-19(27)25-18-5-6-23-12-21(18,3)4/h7-10,16,18,23H,5-6,11-12H2,1-4H3,(H,24,28)(H,25,27)/t16-,18+/m1/s1. The van der Waals surface area contributed by atoms with Crippen molar-refractivity contribution in [3.8, 4) is 0 Å². The van der Waals surface area contributed by atoms with E-state index in [0.29, 0.717) is 16.1 Å². The van der Waals surface area contributed by atoms with Gasteiger partial charge in [0, 0.05) is 30.0 Å². The van der Waals surface area contributed by atoms with E-state index in [-0.39, 0.29) is 28.7 Å². The van der Waals surface area contributed by atoms with Crippen LogP contribution in [0.25, 0.3) is 0 Å². The van der Waals surface area contributed by atoms with Crippen molar-refractivity contribution in [2.75, 3.05) is 13.1 Å². The van der Waals surface area contributed by atoms with Gasteiger partial charge in [-0.2, -0.15) is 0 Å². The molecule has 1 saturated heterocycles. The Morgan fingerprint density at radius 2 is 2.00 bits per heavy atom. The van der Waals surface area contributed by atoms with E-state index in [1.807, 2.05) is 0 Å². The van der Waals surface area contributed by atoms with Gasteiger partial charge in [0.1, 0.15) is 6.04 Å². The average molecular weight is 469 g/mol. The minimum absolute atomic E-state index is 0.0543. The highest BCUT2D eigenvalue weighted by Crippen LogP contribution is 2.29. The first kappa shape index (κ1) is 23.6. The van der Waals surface area contributed by atoms with Crippen molar-refractivity contribution in [1.29, 1.82) is 0 Å². The van der Waals surface area contributed by atoms with Crippen molar-refractivity contribution in [3.63, 3.8) is 0 Å². The molecule has 0 unspecified atom stereocenters. The van der Waals surface area contributed by atoms with Crippen molar-refractivity contribution >= 4 is 33.4 Å². The van der Waals surface area contributed by atoms with Crippen molar-refractivity contribution in [3.05, 3.63) is 40.7 Å². The van der Waals surface area contributed by atoms with Gasteiger partial charge in [-0.15, -0.1) is 0 Å². The van der Waals surface area contributed by atoms with Crippen LogP contribution in [0.15, 0.2) is 29.4 Å². The molecule has 1 aromatic carbocycles. The summed E-state index contributed by atoms with van der Waals surface area (Å²) in [7, 11) is -4.08. The lowest BCUT2D eigenvalue weighted by atomic mass is 9.80. The van der Waals surface area contributed by atoms with Crippen LogP contribution in [-0.2, 0) is 19.6 Å². The predicted molar refractivity (Wildman–Crippen MR) is 119 cm³/mol. The summed E-state index contributed by atoms with van der Waals surface area (Å²) in [5.41, 5.74) is 0.931. The van der Waals surface area contributed by atoms with Crippen LogP contribution < -0.4 is 16.0 Å². The first-order valence-corrected chi connectivity index (χ1v) is 12.0. The van der Waals surface area contributed by atoms with Gasteiger partial charge in [-0.05, 0) is 55.5 Å². The van der Waals surface area contributed by atoms with Crippen LogP contribution in [0.4, 0.5) is 0 Å². The van der Waals surface area contributed by atoms with Crippen LogP contribution >= 0.6 is 11.6 Å². The molecule has 3 N–H and O–H groups in total. The maximum atomic E-state index is 13.4. The Balaban J connectivity index is 1.85. The number of hydrogen-bond donors (Lipinski definition) is 3. The normalized spacial score (nSPS) is 23.4. The smallest absolute Gasteiger partial charge is 0.264 e. The quantitative estimate of drug-likeness (QED) is 0.610. The Hall–Kier alpha value is -2.10. The van der Waals surface area contributed by atoms with Gasteiger partial charge in [0.2, 0.25) is 11.8 Å². The number of benzene rings is 1. The third-order valence-corrected chi connectivity index (χ3v) is 8.25. The Morgan fingerprint density at radius 1 is 1.29 bits per heavy atom. The molecule has 1 aromatic rings. The number of halogens is 1. The SMILES string of the molecule is Cc1cc(S(=O)(=O)N2C=CNC(=O)[C@H]2CC(=O)N[C@H]2CCNCC2(C)C)c(C)cc1Cl. The minimum Gasteiger partial charge on any atom is -0.353 e. The molecule has 1 fully saturated rings. The van der Waals surface area contributed by atoms with Gasteiger partial charge in [0.05, 0.1) is 11.3 Å². The molecule has 2 atom stereocenters. The van der Waals surface area contributed by atoms with Crippen LogP contribution in [0, 0.1) is 19.3 Å². The molecule has 8 nitrogen and oxygen atoms in total. The second-order valence-electron chi connectivity index (χ2n) is 8.82. The number of aryl methyl sites for hydroxylation is 2. The summed E-state index contributed by atoms with van der Waals surface area (Å²) in [4.78, 5) is 25.4. The first-order valence-electron chi connectivity index (χ1n) is 10.2. The molecule has 2 aliphatic rings. The third-order valence-electron chi connectivity index (χ3n) is 5.92. The number of carbonyl (C=O) groups excluding carboxylic acids is 2. The van der Waals surface area contributed by atoms with Gasteiger partial charge < -0.3 is 16.0 Å². The van der Waals surface area contributed by atoms with Crippen molar-refractivity contribution in [1.82, 2.24) is 20.3 Å². The van der Waals surface area contributed by atoms with E-state index in [9.17, 15) is 18.0 Å². The van der Waals surface area contributed by atoms with Gasteiger partial charge in [0.25, 0.3) is 10.0 Å². The van der Waals surface area contributed by atoms with E-state index in [0.717, 1.165) is 23.8 Å². The lowest BCUT2D eigenvalue weighted by Gasteiger charge is -2.40. The summed E-state index contributed by atoms with van der Waals surface area (Å²) in [6.07, 6.45) is 3.04. The molecule has 0 radical (unpaired) electrons. The lowest BCUT2D eigenvalue weighted by Crippen LogP contribution is -2.56. The number of sulfonamides is 1. The minimum atomic E-state index is -4.08.